The van der Waals surface area contributed by atoms with E-state index in [0.717, 1.165) is 0 Å². The van der Waals surface area contributed by atoms with E-state index in [4.69, 9.17) is 16.6 Å². The molecule has 10 N–H and O–H groups in total. The van der Waals surface area contributed by atoms with Gasteiger partial charge in [-0.2, -0.15) is 0 Å². The third kappa shape index (κ3) is 10.5. The van der Waals surface area contributed by atoms with Crippen LogP contribution >= 0.6 is 0 Å². The Labute approximate surface area is 202 Å². The molecular weight excluding hydrogens is 462 g/mol. The lowest BCUT2D eigenvalue weighted by atomic mass is 10.0. The van der Waals surface area contributed by atoms with Gasteiger partial charge in [0.15, 0.2) is 0 Å². The fraction of sp³-hybridized carbons (Fsp3) is 0.619. The highest BCUT2D eigenvalue weighted by Gasteiger charge is 2.32. The normalized spacial score (nSPS) is 14.4. The number of aromatic amines is 1. The second-order valence-electron chi connectivity index (χ2n) is 8.46. The number of carboxylic acids is 2. The summed E-state index contributed by atoms with van der Waals surface area (Å²) in [6.07, 6.45) is 3.44. The van der Waals surface area contributed by atoms with Gasteiger partial charge in [0.1, 0.15) is 18.1 Å². The number of amides is 3. The van der Waals surface area contributed by atoms with Gasteiger partial charge in [0.25, 0.3) is 0 Å². The van der Waals surface area contributed by atoms with Gasteiger partial charge in [-0.3, -0.25) is 19.2 Å². The van der Waals surface area contributed by atoms with Crippen LogP contribution in [0.5, 0.6) is 0 Å². The van der Waals surface area contributed by atoms with Gasteiger partial charge in [-0.15, -0.1) is 0 Å². The van der Waals surface area contributed by atoms with E-state index in [1.165, 1.54) is 12.5 Å². The number of H-pyrrole nitrogens is 1. The zero-order valence-electron chi connectivity index (χ0n) is 19.8. The largest absolute Gasteiger partial charge is 0.481 e. The first-order valence-corrected chi connectivity index (χ1v) is 11.2. The van der Waals surface area contributed by atoms with Crippen LogP contribution in [0.1, 0.15) is 45.2 Å². The summed E-state index contributed by atoms with van der Waals surface area (Å²) in [5.41, 5.74) is 11.5. The molecule has 1 rings (SSSR count). The number of rotatable bonds is 16. The molecule has 0 unspecified atom stereocenters. The molecule has 0 aliphatic heterocycles. The van der Waals surface area contributed by atoms with E-state index >= 15 is 0 Å². The Morgan fingerprint density at radius 1 is 1.00 bits per heavy atom. The first-order chi connectivity index (χ1) is 16.5. The summed E-state index contributed by atoms with van der Waals surface area (Å²) in [5, 5.41) is 25.7. The van der Waals surface area contributed by atoms with E-state index in [9.17, 15) is 29.1 Å². The van der Waals surface area contributed by atoms with Crippen molar-refractivity contribution in [2.24, 2.45) is 17.4 Å². The summed E-state index contributed by atoms with van der Waals surface area (Å²) >= 11 is 0. The van der Waals surface area contributed by atoms with Crippen LogP contribution in [0.15, 0.2) is 12.5 Å². The minimum atomic E-state index is -1.37. The minimum absolute atomic E-state index is 0.0238. The maximum absolute atomic E-state index is 13.0. The number of aromatic nitrogens is 2. The molecule has 14 nitrogen and oxygen atoms in total. The van der Waals surface area contributed by atoms with E-state index in [-0.39, 0.29) is 12.8 Å². The van der Waals surface area contributed by atoms with Crippen molar-refractivity contribution in [1.29, 1.82) is 0 Å². The van der Waals surface area contributed by atoms with Crippen LogP contribution in [-0.4, -0.2) is 80.6 Å². The molecule has 0 saturated heterocycles. The molecule has 1 aromatic heterocycles. The van der Waals surface area contributed by atoms with Gasteiger partial charge >= 0.3 is 11.9 Å². The summed E-state index contributed by atoms with van der Waals surface area (Å²) in [6, 6.07) is -4.86. The number of hydrogen-bond acceptors (Lipinski definition) is 8. The Bertz CT molecular complexity index is 860. The highest BCUT2D eigenvalue weighted by Crippen LogP contribution is 2.07. The topological polar surface area (TPSA) is 243 Å². The lowest BCUT2D eigenvalue weighted by molar-refractivity contribution is -0.142. The number of aliphatic carboxylic acids is 2. The maximum Gasteiger partial charge on any atom is 0.326 e. The minimum Gasteiger partial charge on any atom is -0.481 e. The van der Waals surface area contributed by atoms with Crippen molar-refractivity contribution < 1.29 is 34.2 Å². The monoisotopic (exact) mass is 497 g/mol. The number of unbranched alkanes of at least 4 members (excludes halogenated alkanes) is 1. The molecule has 0 aliphatic rings. The van der Waals surface area contributed by atoms with E-state index in [1.807, 2.05) is 0 Å². The molecule has 0 aromatic carbocycles. The molecule has 0 fully saturated rings. The fourth-order valence-electron chi connectivity index (χ4n) is 3.19. The third-order valence-electron chi connectivity index (χ3n) is 5.15. The third-order valence-corrected chi connectivity index (χ3v) is 5.15. The highest BCUT2D eigenvalue weighted by molar-refractivity contribution is 5.95. The molecule has 0 spiro atoms. The molecule has 4 atom stereocenters. The van der Waals surface area contributed by atoms with Crippen LogP contribution in [0, 0.1) is 5.92 Å². The van der Waals surface area contributed by atoms with Crippen LogP contribution < -0.4 is 27.4 Å². The summed E-state index contributed by atoms with van der Waals surface area (Å²) in [4.78, 5) is 67.4. The standard InChI is InChI=1S/C21H35N7O7/c1-11(2)17(28-18(31)13(23)8-16(29)30)20(33)27-15(7-12-9-24-10-25-12)19(32)26-14(21(34)35)5-3-4-6-22/h9-11,13-15,17H,3-8,22-23H2,1-2H3,(H,24,25)(H,26,32)(H,27,33)(H,28,31)(H,29,30)(H,34,35)/t13-,14-,15-,17-/m0/s1. The average Bonchev–Trinajstić information content (AvgIpc) is 3.28. The van der Waals surface area contributed by atoms with Crippen molar-refractivity contribution in [3.8, 4) is 0 Å². The predicted octanol–water partition coefficient (Wildman–Crippen LogP) is -1.92. The number of carbonyl (C=O) groups is 5. The lowest BCUT2D eigenvalue weighted by Gasteiger charge is -2.26. The first kappa shape index (κ1) is 29.5. The highest BCUT2D eigenvalue weighted by atomic mass is 16.4. The second-order valence-corrected chi connectivity index (χ2v) is 8.46. The van der Waals surface area contributed by atoms with Crippen LogP contribution in [0.2, 0.25) is 0 Å². The van der Waals surface area contributed by atoms with Crippen molar-refractivity contribution in [2.75, 3.05) is 6.54 Å². The van der Waals surface area contributed by atoms with E-state index in [0.29, 0.717) is 25.1 Å². The average molecular weight is 498 g/mol. The van der Waals surface area contributed by atoms with E-state index < -0.39 is 66.2 Å². The molecule has 1 heterocycles. The van der Waals surface area contributed by atoms with Crippen LogP contribution in [-0.2, 0) is 30.4 Å². The van der Waals surface area contributed by atoms with Crippen molar-refractivity contribution >= 4 is 29.7 Å². The summed E-state index contributed by atoms with van der Waals surface area (Å²) in [7, 11) is 0. The summed E-state index contributed by atoms with van der Waals surface area (Å²) in [6.45, 7) is 3.68. The number of imidazole rings is 1. The first-order valence-electron chi connectivity index (χ1n) is 11.2. The molecule has 0 aliphatic carbocycles. The number of nitrogens with zero attached hydrogens (tertiary/aromatic N) is 1. The van der Waals surface area contributed by atoms with Gasteiger partial charge in [0, 0.05) is 18.3 Å². The number of carboxylic acid groups (broad SMARTS) is 2. The van der Waals surface area contributed by atoms with Crippen LogP contribution in [0.3, 0.4) is 0 Å². The van der Waals surface area contributed by atoms with Crippen LogP contribution in [0.25, 0.3) is 0 Å². The Balaban J connectivity index is 3.00. The lowest BCUT2D eigenvalue weighted by Crippen LogP contribution is -2.59. The van der Waals surface area contributed by atoms with Crippen molar-refractivity contribution in [2.45, 2.75) is 70.1 Å². The van der Waals surface area contributed by atoms with Gasteiger partial charge in [0.2, 0.25) is 17.7 Å². The molecule has 3 amide bonds. The molecule has 1 aromatic rings. The van der Waals surface area contributed by atoms with Gasteiger partial charge in [0.05, 0.1) is 18.8 Å². The van der Waals surface area contributed by atoms with E-state index in [1.54, 1.807) is 13.8 Å². The summed E-state index contributed by atoms with van der Waals surface area (Å²) < 4.78 is 0. The van der Waals surface area contributed by atoms with Crippen molar-refractivity contribution in [3.63, 3.8) is 0 Å². The smallest absolute Gasteiger partial charge is 0.326 e. The second kappa shape index (κ2) is 14.7. The van der Waals surface area contributed by atoms with Crippen molar-refractivity contribution in [3.05, 3.63) is 18.2 Å². The molecule has 0 bridgehead atoms. The van der Waals surface area contributed by atoms with Gasteiger partial charge in [-0.1, -0.05) is 13.8 Å². The van der Waals surface area contributed by atoms with Gasteiger partial charge < -0.3 is 42.6 Å². The summed E-state index contributed by atoms with van der Waals surface area (Å²) in [5.74, 6) is -5.21. The molecule has 0 radical (unpaired) electrons. The number of nitrogens with two attached hydrogens (primary N) is 2. The Morgan fingerprint density at radius 2 is 1.66 bits per heavy atom. The predicted molar refractivity (Wildman–Crippen MR) is 124 cm³/mol. The van der Waals surface area contributed by atoms with Gasteiger partial charge in [-0.25, -0.2) is 9.78 Å². The number of carbonyl (C=O) groups excluding carboxylic acids is 3. The maximum atomic E-state index is 13.0. The quantitative estimate of drug-likeness (QED) is 0.118. The molecule has 0 saturated carbocycles. The number of hydrogen-bond donors (Lipinski definition) is 8. The molecular formula is C21H35N7O7. The Hall–Kier alpha value is -3.52. The fourth-order valence-corrected chi connectivity index (χ4v) is 3.19. The Kier molecular flexibility index (Phi) is 12.4. The molecule has 35 heavy (non-hydrogen) atoms. The van der Waals surface area contributed by atoms with Crippen LogP contribution in [0.4, 0.5) is 0 Å². The zero-order chi connectivity index (χ0) is 26.5. The Morgan fingerprint density at radius 3 is 2.17 bits per heavy atom. The molecule has 14 heteroatoms. The van der Waals surface area contributed by atoms with Gasteiger partial charge in [-0.05, 0) is 31.7 Å². The number of nitrogens with one attached hydrogen (secondary N) is 4. The SMILES string of the molecule is CC(C)[C@H](NC(=O)[C@@H](N)CC(=O)O)C(=O)N[C@@H](Cc1cnc[nH]1)C(=O)N[C@@H](CCCCN)C(=O)O. The van der Waals surface area contributed by atoms with Crippen molar-refractivity contribution in [1.82, 2.24) is 25.9 Å². The zero-order valence-corrected chi connectivity index (χ0v) is 19.8. The molecule has 196 valence electrons. The van der Waals surface area contributed by atoms with E-state index in [2.05, 4.69) is 25.9 Å².